The van der Waals surface area contributed by atoms with Gasteiger partial charge in [-0.05, 0) is 26.7 Å². The quantitative estimate of drug-likeness (QED) is 0.627. The lowest BCUT2D eigenvalue weighted by atomic mass is 10.1. The number of carbonyl (C=O) groups excluding carboxylic acids is 1. The van der Waals surface area contributed by atoms with Gasteiger partial charge in [-0.25, -0.2) is 0 Å². The van der Waals surface area contributed by atoms with Gasteiger partial charge in [0, 0.05) is 11.6 Å². The fraction of sp³-hybridized carbons (Fsp3) is 0.909. The van der Waals surface area contributed by atoms with E-state index < -0.39 is 0 Å². The molecule has 0 aromatic carbocycles. The van der Waals surface area contributed by atoms with Crippen molar-refractivity contribution in [1.82, 2.24) is 10.6 Å². The Labute approximate surface area is 92.4 Å². The van der Waals surface area contributed by atoms with Gasteiger partial charge in [0.05, 0.1) is 13.2 Å². The van der Waals surface area contributed by atoms with Gasteiger partial charge in [-0.15, -0.1) is 0 Å². The minimum atomic E-state index is -0.203. The van der Waals surface area contributed by atoms with Gasteiger partial charge in [0.15, 0.2) is 0 Å². The SMILES string of the molecule is CC(C)C(CO)NCC(=O)NC(C)(C)C. The van der Waals surface area contributed by atoms with Gasteiger partial charge in [-0.3, -0.25) is 4.79 Å². The zero-order valence-electron chi connectivity index (χ0n) is 10.4. The van der Waals surface area contributed by atoms with E-state index in [9.17, 15) is 4.79 Å². The zero-order valence-corrected chi connectivity index (χ0v) is 10.4. The summed E-state index contributed by atoms with van der Waals surface area (Å²) in [5.74, 6) is 0.277. The summed E-state index contributed by atoms with van der Waals surface area (Å²) in [4.78, 5) is 11.4. The molecule has 0 fully saturated rings. The summed E-state index contributed by atoms with van der Waals surface area (Å²) in [6, 6.07) is -0.0179. The van der Waals surface area contributed by atoms with Gasteiger partial charge in [0.2, 0.25) is 5.91 Å². The molecule has 4 heteroatoms. The number of amides is 1. The van der Waals surface area contributed by atoms with E-state index in [1.54, 1.807) is 0 Å². The largest absolute Gasteiger partial charge is 0.395 e. The van der Waals surface area contributed by atoms with Crippen LogP contribution in [-0.4, -0.2) is 35.7 Å². The van der Waals surface area contributed by atoms with Crippen LogP contribution in [0.5, 0.6) is 0 Å². The van der Waals surface area contributed by atoms with Crippen LogP contribution >= 0.6 is 0 Å². The van der Waals surface area contributed by atoms with Crippen LogP contribution in [0.15, 0.2) is 0 Å². The predicted octanol–water partition coefficient (Wildman–Crippen LogP) is 0.508. The molecule has 0 heterocycles. The van der Waals surface area contributed by atoms with E-state index in [1.165, 1.54) is 0 Å². The summed E-state index contributed by atoms with van der Waals surface area (Å²) in [5, 5.41) is 14.9. The standard InChI is InChI=1S/C11H24N2O2/c1-8(2)9(7-14)12-6-10(15)13-11(3,4)5/h8-9,12,14H,6-7H2,1-5H3,(H,13,15). The zero-order chi connectivity index (χ0) is 12.1. The van der Waals surface area contributed by atoms with Crippen molar-refractivity contribution in [3.8, 4) is 0 Å². The van der Waals surface area contributed by atoms with Gasteiger partial charge in [0.25, 0.3) is 0 Å². The van der Waals surface area contributed by atoms with Gasteiger partial charge in [0.1, 0.15) is 0 Å². The molecule has 0 aromatic rings. The second-order valence-electron chi connectivity index (χ2n) is 5.21. The molecule has 15 heavy (non-hydrogen) atoms. The molecule has 0 aromatic heterocycles. The molecule has 0 aliphatic rings. The topological polar surface area (TPSA) is 61.4 Å². The molecule has 1 unspecified atom stereocenters. The third-order valence-corrected chi connectivity index (χ3v) is 2.04. The highest BCUT2D eigenvalue weighted by molar-refractivity contribution is 5.78. The molecule has 0 aliphatic carbocycles. The maximum atomic E-state index is 11.4. The van der Waals surface area contributed by atoms with E-state index in [-0.39, 0.29) is 30.6 Å². The Balaban J connectivity index is 3.89. The summed E-state index contributed by atoms with van der Waals surface area (Å²) >= 11 is 0. The minimum absolute atomic E-state index is 0.0179. The first-order valence-electron chi connectivity index (χ1n) is 5.41. The second kappa shape index (κ2) is 6.08. The van der Waals surface area contributed by atoms with Crippen molar-refractivity contribution in [2.45, 2.75) is 46.2 Å². The Kier molecular flexibility index (Phi) is 5.83. The first-order valence-corrected chi connectivity index (χ1v) is 5.41. The van der Waals surface area contributed by atoms with Crippen molar-refractivity contribution in [3.63, 3.8) is 0 Å². The van der Waals surface area contributed by atoms with Crippen molar-refractivity contribution in [2.75, 3.05) is 13.2 Å². The average molecular weight is 216 g/mol. The molecule has 90 valence electrons. The highest BCUT2D eigenvalue weighted by Gasteiger charge is 2.16. The van der Waals surface area contributed by atoms with Crippen molar-refractivity contribution in [3.05, 3.63) is 0 Å². The Morgan fingerprint density at radius 1 is 1.33 bits per heavy atom. The summed E-state index contributed by atoms with van der Waals surface area (Å²) in [6.45, 7) is 10.1. The average Bonchev–Trinajstić information content (AvgIpc) is 2.01. The van der Waals surface area contributed by atoms with Crippen molar-refractivity contribution in [1.29, 1.82) is 0 Å². The Hall–Kier alpha value is -0.610. The maximum Gasteiger partial charge on any atom is 0.234 e. The van der Waals surface area contributed by atoms with Crippen LogP contribution < -0.4 is 10.6 Å². The molecule has 0 saturated heterocycles. The molecule has 0 rings (SSSR count). The third kappa shape index (κ3) is 7.33. The van der Waals surface area contributed by atoms with Crippen LogP contribution in [0.4, 0.5) is 0 Å². The van der Waals surface area contributed by atoms with Crippen LogP contribution in [0, 0.1) is 5.92 Å². The van der Waals surface area contributed by atoms with E-state index in [0.29, 0.717) is 5.92 Å². The highest BCUT2D eigenvalue weighted by atomic mass is 16.3. The first kappa shape index (κ1) is 14.4. The van der Waals surface area contributed by atoms with Crippen LogP contribution in [0.3, 0.4) is 0 Å². The summed E-state index contributed by atoms with van der Waals surface area (Å²) in [5.41, 5.74) is -0.203. The summed E-state index contributed by atoms with van der Waals surface area (Å²) < 4.78 is 0. The lowest BCUT2D eigenvalue weighted by molar-refractivity contribution is -0.121. The number of aliphatic hydroxyl groups is 1. The minimum Gasteiger partial charge on any atom is -0.395 e. The van der Waals surface area contributed by atoms with Crippen molar-refractivity contribution in [2.24, 2.45) is 5.92 Å². The number of carbonyl (C=O) groups is 1. The molecule has 3 N–H and O–H groups in total. The lowest BCUT2D eigenvalue weighted by Crippen LogP contribution is -2.48. The number of hydrogen-bond acceptors (Lipinski definition) is 3. The fourth-order valence-corrected chi connectivity index (χ4v) is 1.20. The molecular formula is C11H24N2O2. The maximum absolute atomic E-state index is 11.4. The molecular weight excluding hydrogens is 192 g/mol. The van der Waals surface area contributed by atoms with Gasteiger partial charge >= 0.3 is 0 Å². The predicted molar refractivity (Wildman–Crippen MR) is 61.6 cm³/mol. The van der Waals surface area contributed by atoms with Crippen LogP contribution in [0.1, 0.15) is 34.6 Å². The third-order valence-electron chi connectivity index (χ3n) is 2.04. The van der Waals surface area contributed by atoms with E-state index in [2.05, 4.69) is 10.6 Å². The molecule has 0 radical (unpaired) electrons. The molecule has 0 saturated carbocycles. The molecule has 0 aliphatic heterocycles. The van der Waals surface area contributed by atoms with E-state index in [0.717, 1.165) is 0 Å². The van der Waals surface area contributed by atoms with Crippen molar-refractivity contribution < 1.29 is 9.90 Å². The van der Waals surface area contributed by atoms with Gasteiger partial charge < -0.3 is 15.7 Å². The Morgan fingerprint density at radius 2 is 1.87 bits per heavy atom. The lowest BCUT2D eigenvalue weighted by Gasteiger charge is -2.23. The molecule has 1 amide bonds. The van der Waals surface area contributed by atoms with E-state index >= 15 is 0 Å². The normalized spacial score (nSPS) is 14.1. The van der Waals surface area contributed by atoms with Crippen LogP contribution in [0.25, 0.3) is 0 Å². The fourth-order valence-electron chi connectivity index (χ4n) is 1.20. The Morgan fingerprint density at radius 3 is 2.20 bits per heavy atom. The molecule has 1 atom stereocenters. The highest BCUT2D eigenvalue weighted by Crippen LogP contribution is 2.00. The Bertz CT molecular complexity index is 197. The van der Waals surface area contributed by atoms with Gasteiger partial charge in [-0.2, -0.15) is 0 Å². The first-order chi connectivity index (χ1) is 6.76. The molecule has 4 nitrogen and oxygen atoms in total. The number of rotatable bonds is 5. The number of aliphatic hydroxyl groups excluding tert-OH is 1. The second-order valence-corrected chi connectivity index (χ2v) is 5.21. The summed E-state index contributed by atoms with van der Waals surface area (Å²) in [6.07, 6.45) is 0. The van der Waals surface area contributed by atoms with Crippen LogP contribution in [-0.2, 0) is 4.79 Å². The summed E-state index contributed by atoms with van der Waals surface area (Å²) in [7, 11) is 0. The molecule has 0 bridgehead atoms. The molecule has 0 spiro atoms. The van der Waals surface area contributed by atoms with Crippen molar-refractivity contribution >= 4 is 5.91 Å². The van der Waals surface area contributed by atoms with Gasteiger partial charge in [-0.1, -0.05) is 13.8 Å². The number of hydrogen-bond donors (Lipinski definition) is 3. The van der Waals surface area contributed by atoms with Crippen LogP contribution in [0.2, 0.25) is 0 Å². The number of nitrogens with one attached hydrogen (secondary N) is 2. The van der Waals surface area contributed by atoms with E-state index in [4.69, 9.17) is 5.11 Å². The monoisotopic (exact) mass is 216 g/mol. The van der Waals surface area contributed by atoms with E-state index in [1.807, 2.05) is 34.6 Å². The smallest absolute Gasteiger partial charge is 0.234 e.